The molecule has 5 atom stereocenters. The molecule has 0 aromatic heterocycles. The minimum absolute atomic E-state index is 0.0634. The second kappa shape index (κ2) is 8.27. The van der Waals surface area contributed by atoms with Gasteiger partial charge < -0.3 is 31.1 Å². The standard InChI is InChI=1S/C22H26N4O6/c1-10(27)16-18-14-4-3-5-15(17(14)19(21(30)31)26(18)20(16)29)25-22(32)24-13-8-6-12(7-9-13)23-11(2)28/h6-10,14-16,18,27H,3-5H2,1-2H3,(H,23,28)(H,30,31)(H2,24,25,32)/t10?,14-,15-,16+,18+/m0/s1. The van der Waals surface area contributed by atoms with Gasteiger partial charge in [-0.25, -0.2) is 9.59 Å². The fraction of sp³-hybridized carbons (Fsp3) is 0.455. The predicted molar refractivity (Wildman–Crippen MR) is 114 cm³/mol. The number of amides is 4. The van der Waals surface area contributed by atoms with Crippen LogP contribution in [0.25, 0.3) is 0 Å². The number of urea groups is 1. The van der Waals surface area contributed by atoms with Crippen LogP contribution in [0.1, 0.15) is 33.1 Å². The van der Waals surface area contributed by atoms with E-state index < -0.39 is 30.1 Å². The highest BCUT2D eigenvalue weighted by molar-refractivity contribution is 6.00. The number of hydrogen-bond acceptors (Lipinski definition) is 5. The van der Waals surface area contributed by atoms with Gasteiger partial charge in [-0.3, -0.25) is 9.59 Å². The van der Waals surface area contributed by atoms with Crippen molar-refractivity contribution in [1.82, 2.24) is 10.2 Å². The Morgan fingerprint density at radius 3 is 2.28 bits per heavy atom. The first kappa shape index (κ1) is 21.8. The number of β-lactam (4-membered cyclic amide) rings is 1. The van der Waals surface area contributed by atoms with Gasteiger partial charge in [0, 0.05) is 24.2 Å². The molecule has 170 valence electrons. The summed E-state index contributed by atoms with van der Waals surface area (Å²) in [5.41, 5.74) is 1.60. The molecular formula is C22H26N4O6. The van der Waals surface area contributed by atoms with Gasteiger partial charge in [-0.05, 0) is 49.6 Å². The third kappa shape index (κ3) is 3.70. The van der Waals surface area contributed by atoms with Gasteiger partial charge in [-0.15, -0.1) is 0 Å². The summed E-state index contributed by atoms with van der Waals surface area (Å²) in [6.07, 6.45) is 1.16. The molecule has 0 radical (unpaired) electrons. The molecule has 2 heterocycles. The monoisotopic (exact) mass is 442 g/mol. The number of carboxylic acids is 1. The number of fused-ring (bicyclic) bond motifs is 3. The van der Waals surface area contributed by atoms with E-state index in [1.807, 2.05) is 0 Å². The van der Waals surface area contributed by atoms with E-state index in [2.05, 4.69) is 16.0 Å². The minimum Gasteiger partial charge on any atom is -0.477 e. The summed E-state index contributed by atoms with van der Waals surface area (Å²) in [5, 5.41) is 28.1. The summed E-state index contributed by atoms with van der Waals surface area (Å²) < 4.78 is 0. The third-order valence-electron chi connectivity index (χ3n) is 6.39. The maximum absolute atomic E-state index is 12.6. The number of benzene rings is 1. The third-order valence-corrected chi connectivity index (χ3v) is 6.39. The summed E-state index contributed by atoms with van der Waals surface area (Å²) in [6, 6.07) is 5.20. The largest absolute Gasteiger partial charge is 0.477 e. The number of nitrogens with zero attached hydrogens (tertiary/aromatic N) is 1. The molecule has 1 unspecified atom stereocenters. The molecule has 4 rings (SSSR count). The molecule has 32 heavy (non-hydrogen) atoms. The number of anilines is 2. The van der Waals surface area contributed by atoms with Crippen molar-refractivity contribution in [2.24, 2.45) is 11.8 Å². The van der Waals surface area contributed by atoms with Crippen LogP contribution in [0, 0.1) is 11.8 Å². The van der Waals surface area contributed by atoms with Gasteiger partial charge in [0.15, 0.2) is 0 Å². The molecule has 10 heteroatoms. The summed E-state index contributed by atoms with van der Waals surface area (Å²) in [6.45, 7) is 2.95. The Kier molecular flexibility index (Phi) is 5.64. The lowest BCUT2D eigenvalue weighted by Crippen LogP contribution is -2.64. The highest BCUT2D eigenvalue weighted by Crippen LogP contribution is 2.52. The van der Waals surface area contributed by atoms with E-state index in [0.29, 0.717) is 29.8 Å². The molecule has 2 fully saturated rings. The number of carbonyl (C=O) groups is 4. The number of aliphatic hydroxyl groups is 1. The van der Waals surface area contributed by atoms with Gasteiger partial charge in [0.05, 0.1) is 24.1 Å². The van der Waals surface area contributed by atoms with Crippen LogP contribution in [0.5, 0.6) is 0 Å². The van der Waals surface area contributed by atoms with Crippen LogP contribution in [0.3, 0.4) is 0 Å². The Morgan fingerprint density at radius 1 is 1.09 bits per heavy atom. The van der Waals surface area contributed by atoms with E-state index in [0.717, 1.165) is 6.42 Å². The van der Waals surface area contributed by atoms with Crippen molar-refractivity contribution >= 4 is 35.2 Å². The van der Waals surface area contributed by atoms with Crippen LogP contribution >= 0.6 is 0 Å². The van der Waals surface area contributed by atoms with E-state index in [-0.39, 0.29) is 29.5 Å². The van der Waals surface area contributed by atoms with Crippen molar-refractivity contribution in [3.8, 4) is 0 Å². The Morgan fingerprint density at radius 2 is 1.72 bits per heavy atom. The molecule has 0 spiro atoms. The molecule has 3 aliphatic rings. The summed E-state index contributed by atoms with van der Waals surface area (Å²) >= 11 is 0. The fourth-order valence-electron chi connectivity index (χ4n) is 5.20. The fourth-order valence-corrected chi connectivity index (χ4v) is 5.20. The number of carbonyl (C=O) groups excluding carboxylic acids is 3. The van der Waals surface area contributed by atoms with Gasteiger partial charge in [0.25, 0.3) is 0 Å². The summed E-state index contributed by atoms with van der Waals surface area (Å²) in [7, 11) is 0. The quantitative estimate of drug-likeness (QED) is 0.437. The Bertz CT molecular complexity index is 1000. The summed E-state index contributed by atoms with van der Waals surface area (Å²) in [4.78, 5) is 49.6. The highest BCUT2D eigenvalue weighted by atomic mass is 16.4. The highest BCUT2D eigenvalue weighted by Gasteiger charge is 2.62. The van der Waals surface area contributed by atoms with Gasteiger partial charge in [0.2, 0.25) is 11.8 Å². The van der Waals surface area contributed by atoms with Crippen molar-refractivity contribution in [2.75, 3.05) is 10.6 Å². The number of aliphatic carboxylic acids is 1. The average Bonchev–Trinajstić information content (AvgIpc) is 3.00. The van der Waals surface area contributed by atoms with Crippen LogP contribution in [-0.4, -0.2) is 57.1 Å². The van der Waals surface area contributed by atoms with E-state index in [1.165, 1.54) is 11.8 Å². The minimum atomic E-state index is -1.20. The number of hydrogen-bond donors (Lipinski definition) is 5. The molecule has 2 aliphatic heterocycles. The SMILES string of the molecule is CC(=O)Nc1ccc(NC(=O)N[C@H]2CCC[C@H]3C2=C(C(=O)O)N2C(=O)[C@H](C(C)O)[C@@H]32)cc1. The lowest BCUT2D eigenvalue weighted by Gasteiger charge is -2.47. The van der Waals surface area contributed by atoms with E-state index >= 15 is 0 Å². The van der Waals surface area contributed by atoms with Gasteiger partial charge in [-0.2, -0.15) is 0 Å². The second-order valence-electron chi connectivity index (χ2n) is 8.52. The maximum Gasteiger partial charge on any atom is 0.352 e. The van der Waals surface area contributed by atoms with Crippen molar-refractivity contribution < 1.29 is 29.4 Å². The number of nitrogens with one attached hydrogen (secondary N) is 3. The van der Waals surface area contributed by atoms with Crippen molar-refractivity contribution in [3.63, 3.8) is 0 Å². The molecule has 5 N–H and O–H groups in total. The average molecular weight is 442 g/mol. The number of rotatable bonds is 5. The molecule has 4 amide bonds. The second-order valence-corrected chi connectivity index (χ2v) is 8.52. The molecule has 1 aromatic carbocycles. The zero-order chi connectivity index (χ0) is 23.2. The molecular weight excluding hydrogens is 416 g/mol. The zero-order valence-electron chi connectivity index (χ0n) is 17.8. The van der Waals surface area contributed by atoms with Crippen molar-refractivity contribution in [3.05, 3.63) is 35.5 Å². The lowest BCUT2D eigenvalue weighted by atomic mass is 9.71. The Balaban J connectivity index is 1.51. The van der Waals surface area contributed by atoms with E-state index in [1.54, 1.807) is 31.2 Å². The topological polar surface area (TPSA) is 148 Å². The number of carboxylic acid groups (broad SMARTS) is 1. The van der Waals surface area contributed by atoms with Crippen LogP contribution in [0.2, 0.25) is 0 Å². The van der Waals surface area contributed by atoms with Gasteiger partial charge in [-0.1, -0.05) is 6.42 Å². The first-order valence-corrected chi connectivity index (χ1v) is 10.6. The molecule has 0 bridgehead atoms. The van der Waals surface area contributed by atoms with Gasteiger partial charge in [0.1, 0.15) is 5.70 Å². The zero-order valence-corrected chi connectivity index (χ0v) is 17.8. The van der Waals surface area contributed by atoms with E-state index in [4.69, 9.17) is 0 Å². The molecule has 1 saturated heterocycles. The van der Waals surface area contributed by atoms with Crippen LogP contribution in [0.4, 0.5) is 16.2 Å². The van der Waals surface area contributed by atoms with Crippen LogP contribution < -0.4 is 16.0 Å². The maximum atomic E-state index is 12.6. The smallest absolute Gasteiger partial charge is 0.352 e. The first-order valence-electron chi connectivity index (χ1n) is 10.6. The Labute approximate surface area is 184 Å². The summed E-state index contributed by atoms with van der Waals surface area (Å²) in [5.74, 6) is -2.61. The van der Waals surface area contributed by atoms with Crippen molar-refractivity contribution in [1.29, 1.82) is 0 Å². The van der Waals surface area contributed by atoms with Crippen LogP contribution in [0.15, 0.2) is 35.5 Å². The Hall–Kier alpha value is -3.40. The molecule has 1 aromatic rings. The van der Waals surface area contributed by atoms with Crippen molar-refractivity contribution in [2.45, 2.75) is 51.3 Å². The van der Waals surface area contributed by atoms with Crippen LogP contribution in [-0.2, 0) is 14.4 Å². The molecule has 10 nitrogen and oxygen atoms in total. The van der Waals surface area contributed by atoms with E-state index in [9.17, 15) is 29.4 Å². The van der Waals surface area contributed by atoms with Gasteiger partial charge >= 0.3 is 12.0 Å². The molecule has 1 aliphatic carbocycles. The molecule has 1 saturated carbocycles. The first-order chi connectivity index (χ1) is 15.2. The number of aliphatic hydroxyl groups excluding tert-OH is 1. The lowest BCUT2D eigenvalue weighted by molar-refractivity contribution is -0.163. The predicted octanol–water partition coefficient (Wildman–Crippen LogP) is 1.50. The normalized spacial score (nSPS) is 27.1.